The van der Waals surface area contributed by atoms with Crippen molar-refractivity contribution in [2.75, 3.05) is 43.4 Å². The molecule has 0 saturated carbocycles. The van der Waals surface area contributed by atoms with E-state index in [0.717, 1.165) is 44.1 Å². The van der Waals surface area contributed by atoms with Crippen molar-refractivity contribution in [3.8, 4) is 11.6 Å². The molecular weight excluding hydrogens is 448 g/mol. The zero-order valence-corrected chi connectivity index (χ0v) is 19.6. The number of aryl methyl sites for hydroxylation is 2. The number of hydrogen-bond acceptors (Lipinski definition) is 9. The number of pyridine rings is 1. The van der Waals surface area contributed by atoms with Crippen LogP contribution in [0.15, 0.2) is 45.9 Å². The number of piperazine rings is 1. The molecule has 0 aliphatic carbocycles. The highest BCUT2D eigenvalue weighted by molar-refractivity contribution is 5.88. The molecule has 0 atom stereocenters. The third-order valence-corrected chi connectivity index (χ3v) is 6.55. The number of anilines is 2. The molecule has 1 saturated heterocycles. The van der Waals surface area contributed by atoms with Gasteiger partial charge in [0.15, 0.2) is 17.1 Å². The first-order valence-electron chi connectivity index (χ1n) is 11.5. The highest BCUT2D eigenvalue weighted by Crippen LogP contribution is 2.23. The van der Waals surface area contributed by atoms with Gasteiger partial charge in [0, 0.05) is 52.5 Å². The van der Waals surface area contributed by atoms with Crippen LogP contribution in [0.3, 0.4) is 0 Å². The zero-order chi connectivity index (χ0) is 24.1. The molecule has 0 radical (unpaired) electrons. The van der Waals surface area contributed by atoms with Gasteiger partial charge in [0.1, 0.15) is 11.3 Å². The Morgan fingerprint density at radius 3 is 2.60 bits per heavy atom. The number of nitrogens with two attached hydrogens (primary N) is 1. The van der Waals surface area contributed by atoms with E-state index in [1.807, 2.05) is 13.1 Å². The zero-order valence-electron chi connectivity index (χ0n) is 19.6. The summed E-state index contributed by atoms with van der Waals surface area (Å²) in [5.41, 5.74) is 8.76. The largest absolute Gasteiger partial charge is 0.461 e. The summed E-state index contributed by atoms with van der Waals surface area (Å²) in [4.78, 5) is 31.4. The maximum Gasteiger partial charge on any atom is 0.330 e. The molecule has 0 aromatic carbocycles. The van der Waals surface area contributed by atoms with Gasteiger partial charge in [0.05, 0.1) is 6.26 Å². The van der Waals surface area contributed by atoms with E-state index in [2.05, 4.69) is 42.0 Å². The number of nitrogen functional groups attached to an aromatic ring is 1. The van der Waals surface area contributed by atoms with Gasteiger partial charge in [0.2, 0.25) is 11.8 Å². The Bertz CT molecular complexity index is 1550. The van der Waals surface area contributed by atoms with Crippen LogP contribution in [-0.2, 0) is 13.6 Å². The predicted octanol–water partition coefficient (Wildman–Crippen LogP) is 1.15. The SMILES string of the molecule is Cc1ccc(N2CCN(CCn3c(=O)n(C)c4c3nc(N)n3nc(-c5ccco5)nc43)CC2)nc1. The van der Waals surface area contributed by atoms with Crippen molar-refractivity contribution in [2.24, 2.45) is 7.05 Å². The summed E-state index contributed by atoms with van der Waals surface area (Å²) in [7, 11) is 1.72. The third-order valence-electron chi connectivity index (χ3n) is 6.55. The number of aromatic nitrogens is 7. The van der Waals surface area contributed by atoms with Crippen molar-refractivity contribution < 1.29 is 4.42 Å². The molecule has 0 spiro atoms. The van der Waals surface area contributed by atoms with E-state index in [4.69, 9.17) is 10.2 Å². The lowest BCUT2D eigenvalue weighted by atomic mass is 10.2. The average Bonchev–Trinajstić information content (AvgIpc) is 3.59. The van der Waals surface area contributed by atoms with E-state index >= 15 is 0 Å². The number of imidazole rings is 1. The summed E-state index contributed by atoms with van der Waals surface area (Å²) in [5, 5.41) is 4.42. The van der Waals surface area contributed by atoms with Crippen LogP contribution in [0.5, 0.6) is 0 Å². The second-order valence-corrected chi connectivity index (χ2v) is 8.81. The minimum Gasteiger partial charge on any atom is -0.461 e. The first kappa shape index (κ1) is 21.4. The normalized spacial score (nSPS) is 15.0. The molecule has 1 aliphatic rings. The highest BCUT2D eigenvalue weighted by atomic mass is 16.3. The van der Waals surface area contributed by atoms with Crippen LogP contribution in [0.1, 0.15) is 5.56 Å². The van der Waals surface area contributed by atoms with Gasteiger partial charge in [0.25, 0.3) is 0 Å². The van der Waals surface area contributed by atoms with Gasteiger partial charge in [-0.05, 0) is 30.7 Å². The van der Waals surface area contributed by atoms with Crippen LogP contribution in [0.4, 0.5) is 11.8 Å². The van der Waals surface area contributed by atoms with Crippen LogP contribution >= 0.6 is 0 Å². The molecule has 5 aromatic heterocycles. The number of furan rings is 1. The predicted molar refractivity (Wildman–Crippen MR) is 131 cm³/mol. The monoisotopic (exact) mass is 474 g/mol. The maximum absolute atomic E-state index is 13.2. The number of hydrogen-bond donors (Lipinski definition) is 1. The van der Waals surface area contributed by atoms with Crippen LogP contribution in [0.2, 0.25) is 0 Å². The Labute approximate surface area is 200 Å². The summed E-state index contributed by atoms with van der Waals surface area (Å²) in [6, 6.07) is 7.69. The Balaban J connectivity index is 1.24. The summed E-state index contributed by atoms with van der Waals surface area (Å²) in [5.74, 6) is 2.07. The fourth-order valence-corrected chi connectivity index (χ4v) is 4.59. The lowest BCUT2D eigenvalue weighted by Crippen LogP contribution is -2.47. The van der Waals surface area contributed by atoms with Gasteiger partial charge in [-0.3, -0.25) is 14.0 Å². The molecule has 2 N–H and O–H groups in total. The summed E-state index contributed by atoms with van der Waals surface area (Å²) in [6.45, 7) is 6.84. The average molecular weight is 475 g/mol. The van der Waals surface area contributed by atoms with Gasteiger partial charge in [-0.15, -0.1) is 5.10 Å². The third kappa shape index (κ3) is 3.62. The minimum absolute atomic E-state index is 0.162. The second kappa shape index (κ2) is 8.24. The molecule has 6 rings (SSSR count). The number of fused-ring (bicyclic) bond motifs is 3. The lowest BCUT2D eigenvalue weighted by Gasteiger charge is -2.35. The van der Waals surface area contributed by atoms with E-state index in [9.17, 15) is 4.79 Å². The van der Waals surface area contributed by atoms with Gasteiger partial charge < -0.3 is 15.1 Å². The summed E-state index contributed by atoms with van der Waals surface area (Å²) >= 11 is 0. The summed E-state index contributed by atoms with van der Waals surface area (Å²) in [6.07, 6.45) is 3.46. The molecule has 35 heavy (non-hydrogen) atoms. The molecule has 180 valence electrons. The summed E-state index contributed by atoms with van der Waals surface area (Å²) < 4.78 is 10.1. The molecule has 0 amide bonds. The van der Waals surface area contributed by atoms with Crippen molar-refractivity contribution >= 4 is 28.6 Å². The fourth-order valence-electron chi connectivity index (χ4n) is 4.59. The van der Waals surface area contributed by atoms with Gasteiger partial charge in [-0.2, -0.15) is 9.50 Å². The van der Waals surface area contributed by atoms with Crippen LogP contribution in [0, 0.1) is 6.92 Å². The maximum atomic E-state index is 13.2. The second-order valence-electron chi connectivity index (χ2n) is 8.81. The minimum atomic E-state index is -0.162. The van der Waals surface area contributed by atoms with E-state index in [1.165, 1.54) is 4.52 Å². The molecule has 6 heterocycles. The fraction of sp³-hybridized carbons (Fsp3) is 0.348. The smallest absolute Gasteiger partial charge is 0.330 e. The highest BCUT2D eigenvalue weighted by Gasteiger charge is 2.23. The van der Waals surface area contributed by atoms with Crippen molar-refractivity contribution in [2.45, 2.75) is 13.5 Å². The first-order chi connectivity index (χ1) is 17.0. The van der Waals surface area contributed by atoms with Crippen LogP contribution < -0.4 is 16.3 Å². The Morgan fingerprint density at radius 2 is 1.89 bits per heavy atom. The molecular formula is C23H26N10O2. The molecule has 0 bridgehead atoms. The van der Waals surface area contributed by atoms with Gasteiger partial charge in [-0.1, -0.05) is 6.07 Å². The quantitative estimate of drug-likeness (QED) is 0.399. The van der Waals surface area contributed by atoms with Gasteiger partial charge >= 0.3 is 5.69 Å². The topological polar surface area (TPSA) is 129 Å². The van der Waals surface area contributed by atoms with E-state index in [-0.39, 0.29) is 11.6 Å². The van der Waals surface area contributed by atoms with Crippen LogP contribution in [-0.4, -0.2) is 71.3 Å². The van der Waals surface area contributed by atoms with E-state index in [1.54, 1.807) is 34.6 Å². The van der Waals surface area contributed by atoms with E-state index < -0.39 is 0 Å². The van der Waals surface area contributed by atoms with Crippen molar-refractivity contribution in [1.29, 1.82) is 0 Å². The molecule has 1 fully saturated rings. The Kier molecular flexibility index (Phi) is 5.02. The Morgan fingerprint density at radius 1 is 1.06 bits per heavy atom. The van der Waals surface area contributed by atoms with E-state index in [0.29, 0.717) is 34.9 Å². The molecule has 1 aliphatic heterocycles. The first-order valence-corrected chi connectivity index (χ1v) is 11.5. The van der Waals surface area contributed by atoms with Gasteiger partial charge in [-0.25, -0.2) is 14.8 Å². The molecule has 12 heteroatoms. The Hall–Kier alpha value is -4.19. The number of nitrogens with zero attached hydrogens (tertiary/aromatic N) is 9. The van der Waals surface area contributed by atoms with Crippen molar-refractivity contribution in [3.63, 3.8) is 0 Å². The molecule has 5 aromatic rings. The molecule has 12 nitrogen and oxygen atoms in total. The standard InChI is InChI=1S/C23H26N10O2/c1-15-5-6-17(25-14-15)31-10-7-30(8-11-31)9-12-32-20-18(29(2)23(32)34)21-26-19(16-4-3-13-35-16)28-33(21)22(24)27-20/h3-6,13-14H,7-12H2,1-2H3,(H2,24,27). The number of rotatable bonds is 5. The van der Waals surface area contributed by atoms with Crippen molar-refractivity contribution in [3.05, 3.63) is 52.8 Å². The van der Waals surface area contributed by atoms with Crippen molar-refractivity contribution in [1.82, 2.24) is 38.6 Å². The van der Waals surface area contributed by atoms with Crippen LogP contribution in [0.25, 0.3) is 28.4 Å². The lowest BCUT2D eigenvalue weighted by molar-refractivity contribution is 0.247. The molecule has 0 unspecified atom stereocenters.